The van der Waals surface area contributed by atoms with Gasteiger partial charge in [0.1, 0.15) is 18.6 Å². The van der Waals surface area contributed by atoms with Gasteiger partial charge in [-0.3, -0.25) is 9.59 Å². The van der Waals surface area contributed by atoms with Crippen LogP contribution in [0.4, 0.5) is 0 Å². The number of rotatable bonds is 3. The minimum absolute atomic E-state index is 0.149. The second-order valence-corrected chi connectivity index (χ2v) is 2.17. The molecule has 1 amide bonds. The lowest BCUT2D eigenvalue weighted by molar-refractivity contribution is -0.135. The lowest BCUT2D eigenvalue weighted by Crippen LogP contribution is -2.29. The van der Waals surface area contributed by atoms with Gasteiger partial charge in [0.25, 0.3) is 5.91 Å². The first-order valence-electron chi connectivity index (χ1n) is 3.46. The first-order chi connectivity index (χ1) is 6.20. The summed E-state index contributed by atoms with van der Waals surface area (Å²) >= 11 is 0. The topological polar surface area (TPSA) is 92.2 Å². The Balaban J connectivity index is 2.54. The monoisotopic (exact) mass is 181 g/mol. The Morgan fingerprint density at radius 1 is 1.54 bits per heavy atom. The molecule has 13 heavy (non-hydrogen) atoms. The van der Waals surface area contributed by atoms with Gasteiger partial charge in [-0.25, -0.2) is 9.97 Å². The van der Waals surface area contributed by atoms with Crippen molar-refractivity contribution in [2.75, 3.05) is 6.54 Å². The summed E-state index contributed by atoms with van der Waals surface area (Å²) in [5.41, 5.74) is 0.149. The Labute approximate surface area is 73.6 Å². The average Bonchev–Trinajstić information content (AvgIpc) is 2.15. The van der Waals surface area contributed by atoms with E-state index in [0.29, 0.717) is 0 Å². The van der Waals surface area contributed by atoms with Crippen LogP contribution in [0.3, 0.4) is 0 Å². The molecule has 68 valence electrons. The van der Waals surface area contributed by atoms with Crippen molar-refractivity contribution in [3.63, 3.8) is 0 Å². The number of nitrogens with one attached hydrogen (secondary N) is 1. The van der Waals surface area contributed by atoms with E-state index in [4.69, 9.17) is 5.11 Å². The van der Waals surface area contributed by atoms with Crippen LogP contribution in [0.1, 0.15) is 10.5 Å². The molecule has 0 radical (unpaired) electrons. The van der Waals surface area contributed by atoms with Gasteiger partial charge in [0.2, 0.25) is 0 Å². The van der Waals surface area contributed by atoms with E-state index in [-0.39, 0.29) is 5.69 Å². The van der Waals surface area contributed by atoms with Gasteiger partial charge < -0.3 is 10.4 Å². The molecule has 6 nitrogen and oxygen atoms in total. The van der Waals surface area contributed by atoms with Gasteiger partial charge in [-0.05, 0) is 6.07 Å². The van der Waals surface area contributed by atoms with Crippen molar-refractivity contribution >= 4 is 11.9 Å². The van der Waals surface area contributed by atoms with Crippen LogP contribution >= 0.6 is 0 Å². The van der Waals surface area contributed by atoms with Crippen LogP contribution in [0.15, 0.2) is 18.6 Å². The van der Waals surface area contributed by atoms with Gasteiger partial charge in [-0.15, -0.1) is 0 Å². The maximum absolute atomic E-state index is 11.1. The lowest BCUT2D eigenvalue weighted by Gasteiger charge is -1.99. The van der Waals surface area contributed by atoms with Crippen LogP contribution in [0.5, 0.6) is 0 Å². The van der Waals surface area contributed by atoms with E-state index >= 15 is 0 Å². The predicted molar refractivity (Wildman–Crippen MR) is 42.0 cm³/mol. The molecule has 0 aromatic carbocycles. The number of hydrogen-bond donors (Lipinski definition) is 2. The second-order valence-electron chi connectivity index (χ2n) is 2.17. The number of aliphatic carboxylic acids is 1. The third kappa shape index (κ3) is 2.86. The van der Waals surface area contributed by atoms with E-state index in [0.717, 1.165) is 0 Å². The molecule has 1 heterocycles. The molecule has 6 heteroatoms. The first-order valence-corrected chi connectivity index (χ1v) is 3.46. The van der Waals surface area contributed by atoms with Gasteiger partial charge in [0.05, 0.1) is 0 Å². The van der Waals surface area contributed by atoms with Gasteiger partial charge >= 0.3 is 5.97 Å². The summed E-state index contributed by atoms with van der Waals surface area (Å²) in [6.07, 6.45) is 2.62. The Morgan fingerprint density at radius 3 is 2.85 bits per heavy atom. The molecule has 0 saturated heterocycles. The molecule has 0 unspecified atom stereocenters. The number of aromatic nitrogens is 2. The van der Waals surface area contributed by atoms with Crippen LogP contribution in [-0.2, 0) is 4.79 Å². The molecule has 0 aliphatic heterocycles. The van der Waals surface area contributed by atoms with E-state index < -0.39 is 18.4 Å². The van der Waals surface area contributed by atoms with Gasteiger partial charge in [-0.1, -0.05) is 0 Å². The molecule has 1 rings (SSSR count). The zero-order chi connectivity index (χ0) is 9.68. The summed E-state index contributed by atoms with van der Waals surface area (Å²) in [4.78, 5) is 28.4. The second kappa shape index (κ2) is 4.15. The van der Waals surface area contributed by atoms with Crippen LogP contribution in [0.2, 0.25) is 0 Å². The van der Waals surface area contributed by atoms with Crippen LogP contribution < -0.4 is 5.32 Å². The number of carboxylic acid groups (broad SMARTS) is 1. The van der Waals surface area contributed by atoms with Crippen molar-refractivity contribution in [2.45, 2.75) is 0 Å². The molecule has 0 saturated carbocycles. The lowest BCUT2D eigenvalue weighted by atomic mass is 10.4. The third-order valence-electron chi connectivity index (χ3n) is 1.21. The Bertz CT molecular complexity index is 312. The number of carbonyl (C=O) groups is 2. The van der Waals surface area contributed by atoms with Crippen LogP contribution in [-0.4, -0.2) is 33.5 Å². The Kier molecular flexibility index (Phi) is 2.91. The molecule has 2 N–H and O–H groups in total. The molecular formula is C7H7N3O3. The van der Waals surface area contributed by atoms with E-state index in [1.165, 1.54) is 18.6 Å². The minimum Gasteiger partial charge on any atom is -0.480 e. The molecule has 1 aromatic rings. The highest BCUT2D eigenvalue weighted by Crippen LogP contribution is 1.89. The van der Waals surface area contributed by atoms with Crippen molar-refractivity contribution in [2.24, 2.45) is 0 Å². The minimum atomic E-state index is -1.09. The van der Waals surface area contributed by atoms with Gasteiger partial charge in [0.15, 0.2) is 0 Å². The zero-order valence-electron chi connectivity index (χ0n) is 6.60. The van der Waals surface area contributed by atoms with Crippen molar-refractivity contribution in [1.29, 1.82) is 0 Å². The number of carbonyl (C=O) groups excluding carboxylic acids is 1. The molecule has 0 atom stereocenters. The van der Waals surface area contributed by atoms with Gasteiger partial charge in [-0.2, -0.15) is 0 Å². The molecule has 0 fully saturated rings. The van der Waals surface area contributed by atoms with Crippen LogP contribution in [0.25, 0.3) is 0 Å². The molecule has 0 aliphatic rings. The fraction of sp³-hybridized carbons (Fsp3) is 0.143. The van der Waals surface area contributed by atoms with Crippen molar-refractivity contribution in [3.8, 4) is 0 Å². The van der Waals surface area contributed by atoms with Crippen molar-refractivity contribution < 1.29 is 14.7 Å². The standard InChI is InChI=1S/C7H7N3O3/c11-6(12)3-9-7(13)5-1-2-8-4-10-5/h1-2,4H,3H2,(H,9,13)(H,11,12). The summed E-state index contributed by atoms with van der Waals surface area (Å²) in [5.74, 6) is -1.62. The molecule has 1 aromatic heterocycles. The number of carboxylic acids is 1. The Morgan fingerprint density at radius 2 is 2.31 bits per heavy atom. The maximum atomic E-state index is 11.1. The van der Waals surface area contributed by atoms with Crippen LogP contribution in [0, 0.1) is 0 Å². The van der Waals surface area contributed by atoms with E-state index in [2.05, 4.69) is 15.3 Å². The van der Waals surface area contributed by atoms with E-state index in [1.807, 2.05) is 0 Å². The van der Waals surface area contributed by atoms with Crippen molar-refractivity contribution in [1.82, 2.24) is 15.3 Å². The third-order valence-corrected chi connectivity index (χ3v) is 1.21. The molecule has 0 spiro atoms. The number of amides is 1. The quantitative estimate of drug-likeness (QED) is 0.642. The molecule has 0 aliphatic carbocycles. The van der Waals surface area contributed by atoms with E-state index in [1.54, 1.807) is 0 Å². The SMILES string of the molecule is O=C(O)CNC(=O)c1ccncn1. The van der Waals surface area contributed by atoms with E-state index in [9.17, 15) is 9.59 Å². The highest BCUT2D eigenvalue weighted by Gasteiger charge is 2.06. The highest BCUT2D eigenvalue weighted by atomic mass is 16.4. The fourth-order valence-electron chi connectivity index (χ4n) is 0.671. The molecule has 0 bridgehead atoms. The largest absolute Gasteiger partial charge is 0.480 e. The van der Waals surface area contributed by atoms with Gasteiger partial charge in [0, 0.05) is 6.20 Å². The fourth-order valence-corrected chi connectivity index (χ4v) is 0.671. The number of hydrogen-bond acceptors (Lipinski definition) is 4. The molecular weight excluding hydrogens is 174 g/mol. The highest BCUT2D eigenvalue weighted by molar-refractivity contribution is 5.93. The summed E-state index contributed by atoms with van der Waals surface area (Å²) in [6, 6.07) is 1.40. The summed E-state index contributed by atoms with van der Waals surface area (Å²) in [6.45, 7) is -0.414. The predicted octanol–water partition coefficient (Wildman–Crippen LogP) is -0.709. The maximum Gasteiger partial charge on any atom is 0.322 e. The first kappa shape index (κ1) is 9.11. The zero-order valence-corrected chi connectivity index (χ0v) is 6.60. The summed E-state index contributed by atoms with van der Waals surface area (Å²) < 4.78 is 0. The summed E-state index contributed by atoms with van der Waals surface area (Å²) in [5, 5.41) is 10.4. The normalized spacial score (nSPS) is 9.23. The average molecular weight is 181 g/mol. The Hall–Kier alpha value is -1.98. The van der Waals surface area contributed by atoms with Crippen molar-refractivity contribution in [3.05, 3.63) is 24.3 Å². The summed E-state index contributed by atoms with van der Waals surface area (Å²) in [7, 11) is 0. The smallest absolute Gasteiger partial charge is 0.322 e. The number of nitrogens with zero attached hydrogens (tertiary/aromatic N) is 2.